The molecule has 0 bridgehead atoms. The molecule has 1 aromatic heterocycles. The van der Waals surface area contributed by atoms with Gasteiger partial charge in [-0.1, -0.05) is 163 Å². The van der Waals surface area contributed by atoms with Crippen molar-refractivity contribution < 1.29 is 22.2 Å². The highest BCUT2D eigenvalue weighted by molar-refractivity contribution is 6.21. The van der Waals surface area contributed by atoms with Gasteiger partial charge in [0.05, 0.1) is 17.8 Å². The number of fused-ring (bicyclic) bond motifs is 6. The summed E-state index contributed by atoms with van der Waals surface area (Å²) in [6.45, 7) is 0. The Hall–Kier alpha value is -6.44. The Kier molecular flexibility index (Phi) is 3.99. The minimum Gasteiger partial charge on any atom is -0.455 e. The minimum atomic E-state index is -0.715. The molecule has 228 valence electrons. The van der Waals surface area contributed by atoms with Crippen LogP contribution in [0.5, 0.6) is 0 Å². The molecule has 0 saturated carbocycles. The highest BCUT2D eigenvalue weighted by Gasteiger charge is 2.18. The summed E-state index contributed by atoms with van der Waals surface area (Å²) in [6.07, 6.45) is 0. The highest BCUT2D eigenvalue weighted by atomic mass is 16.3. The van der Waals surface area contributed by atoms with Crippen LogP contribution in [0.4, 0.5) is 0 Å². The molecule has 0 radical (unpaired) electrons. The lowest BCUT2D eigenvalue weighted by Crippen LogP contribution is -1.91. The molecular weight excluding hydrogens is 593 g/mol. The van der Waals surface area contributed by atoms with Gasteiger partial charge in [-0.05, 0) is 89.5 Å². The largest absolute Gasteiger partial charge is 0.455 e. The van der Waals surface area contributed by atoms with E-state index in [1.165, 1.54) is 0 Å². The van der Waals surface area contributed by atoms with E-state index in [4.69, 9.17) is 16.8 Å². The maximum atomic E-state index is 9.30. The van der Waals surface area contributed by atoms with Crippen LogP contribution in [-0.2, 0) is 0 Å². The van der Waals surface area contributed by atoms with E-state index in [-0.39, 0.29) is 32.7 Å². The summed E-state index contributed by atoms with van der Waals surface area (Å²) in [7, 11) is 0. The third kappa shape index (κ3) is 4.40. The molecule has 1 heterocycles. The third-order valence-corrected chi connectivity index (χ3v) is 9.19. The smallest absolute Gasteiger partial charge is 0.143 e. The van der Waals surface area contributed by atoms with E-state index in [9.17, 15) is 5.48 Å². The molecule has 0 atom stereocenters. The Labute approximate surface area is 302 Å². The van der Waals surface area contributed by atoms with E-state index < -0.39 is 84.1 Å². The number of furan rings is 1. The van der Waals surface area contributed by atoms with Crippen LogP contribution >= 0.6 is 0 Å². The molecule has 0 aliphatic heterocycles. The molecule has 0 unspecified atom stereocenters. The first-order valence-corrected chi connectivity index (χ1v) is 15.8. The zero-order chi connectivity index (χ0) is 43.6. The van der Waals surface area contributed by atoms with Crippen LogP contribution in [0.15, 0.2) is 186 Å². The fraction of sp³-hybridized carbons (Fsp3) is 0. The van der Waals surface area contributed by atoms with Crippen molar-refractivity contribution >= 4 is 54.3 Å². The molecule has 0 aliphatic rings. The van der Waals surface area contributed by atoms with E-state index in [0.29, 0.717) is 16.7 Å². The second-order valence-electron chi connectivity index (χ2n) is 11.9. The van der Waals surface area contributed by atoms with Crippen LogP contribution in [-0.4, -0.2) is 0 Å². The van der Waals surface area contributed by atoms with Gasteiger partial charge in [0.1, 0.15) is 11.2 Å². The van der Waals surface area contributed by atoms with Crippen molar-refractivity contribution in [2.24, 2.45) is 0 Å². The van der Waals surface area contributed by atoms with Gasteiger partial charge in [0.2, 0.25) is 0 Å². The fourth-order valence-electron chi connectivity index (χ4n) is 7.04. The SMILES string of the molecule is [2H]c1c([2H])c([2H])c(-c2c3c([2H])c([2H])c([2H])c([2H])c3c(-c3cccc(-c4ccc5oc6c(-c7cccc8ccccc78)cccc6c5c4)c3)c3c([2H])c([2H])c([2H])c([2H])c23)c([2H])c1[2H]. The van der Waals surface area contributed by atoms with Crippen LogP contribution in [0.3, 0.4) is 0 Å². The van der Waals surface area contributed by atoms with E-state index in [1.54, 1.807) is 18.2 Å². The van der Waals surface area contributed by atoms with Crippen LogP contribution < -0.4 is 0 Å². The molecule has 0 spiro atoms. The summed E-state index contributed by atoms with van der Waals surface area (Å²) in [5.74, 6) is 0. The number of hydrogen-bond donors (Lipinski definition) is 0. The molecule has 0 aliphatic carbocycles. The minimum absolute atomic E-state index is 0.0709. The van der Waals surface area contributed by atoms with Crippen LogP contribution in [0.2, 0.25) is 0 Å². The van der Waals surface area contributed by atoms with E-state index in [0.717, 1.165) is 43.8 Å². The van der Waals surface area contributed by atoms with Crippen molar-refractivity contribution in [3.63, 3.8) is 0 Å². The monoisotopic (exact) mass is 635 g/mol. The molecule has 10 aromatic rings. The van der Waals surface area contributed by atoms with Gasteiger partial charge < -0.3 is 4.42 Å². The van der Waals surface area contributed by atoms with Crippen LogP contribution in [0.25, 0.3) is 98.8 Å². The van der Waals surface area contributed by atoms with E-state index >= 15 is 0 Å². The average molecular weight is 636 g/mol. The predicted octanol–water partition coefficient (Wildman–Crippen LogP) is 13.7. The summed E-state index contributed by atoms with van der Waals surface area (Å²) in [4.78, 5) is 0. The lowest BCUT2D eigenvalue weighted by Gasteiger charge is -2.18. The zero-order valence-electron chi connectivity index (χ0n) is 38.7. The summed E-state index contributed by atoms with van der Waals surface area (Å²) >= 11 is 0. The topological polar surface area (TPSA) is 13.1 Å². The van der Waals surface area contributed by atoms with Gasteiger partial charge in [-0.3, -0.25) is 0 Å². The standard InChI is InChI=1S/C48H30O/c1-2-14-32(15-3-1)46-38-20-6-8-22-40(38)47(41-23-9-7-21-39(41)46)35-18-10-17-33(29-35)34-27-28-45-44(30-34)43-26-12-25-42(48(43)49-45)37-24-11-16-31-13-4-5-19-36(31)37/h1-30H/i1D,2D,3D,6D,7D,8D,9D,14D,15D,20D,21D,22D,23D. The first-order valence-electron chi connectivity index (χ1n) is 22.3. The Balaban J connectivity index is 1.27. The lowest BCUT2D eigenvalue weighted by atomic mass is 9.85. The molecule has 0 saturated heterocycles. The fourth-order valence-corrected chi connectivity index (χ4v) is 7.04. The average Bonchev–Trinajstić information content (AvgIpc) is 3.67. The van der Waals surface area contributed by atoms with Crippen molar-refractivity contribution in [2.45, 2.75) is 0 Å². The molecule has 1 nitrogen and oxygen atoms in total. The second kappa shape index (κ2) is 11.1. The molecule has 0 fully saturated rings. The maximum absolute atomic E-state index is 9.30. The van der Waals surface area contributed by atoms with Gasteiger partial charge in [0, 0.05) is 16.3 Å². The number of rotatable bonds is 4. The Morgan fingerprint density at radius 1 is 0.367 bits per heavy atom. The Bertz CT molecular complexity index is 3510. The van der Waals surface area contributed by atoms with Gasteiger partial charge in [-0.15, -0.1) is 0 Å². The molecule has 9 aromatic carbocycles. The first kappa shape index (κ1) is 17.6. The van der Waals surface area contributed by atoms with E-state index in [1.807, 2.05) is 60.7 Å². The lowest BCUT2D eigenvalue weighted by molar-refractivity contribution is 0.670. The molecule has 49 heavy (non-hydrogen) atoms. The summed E-state index contributed by atoms with van der Waals surface area (Å²) in [6, 6.07) is 24.9. The second-order valence-corrected chi connectivity index (χ2v) is 11.9. The number of para-hydroxylation sites is 1. The van der Waals surface area contributed by atoms with Gasteiger partial charge in [-0.25, -0.2) is 0 Å². The van der Waals surface area contributed by atoms with Crippen molar-refractivity contribution in [2.75, 3.05) is 0 Å². The highest BCUT2D eigenvalue weighted by Crippen LogP contribution is 2.45. The molecule has 0 N–H and O–H groups in total. The Morgan fingerprint density at radius 3 is 1.71 bits per heavy atom. The maximum Gasteiger partial charge on any atom is 0.143 e. The summed E-state index contributed by atoms with van der Waals surface area (Å²) in [5, 5.41) is 3.19. The first-order chi connectivity index (χ1) is 29.7. The third-order valence-electron chi connectivity index (χ3n) is 9.19. The van der Waals surface area contributed by atoms with Crippen molar-refractivity contribution in [1.82, 2.24) is 0 Å². The van der Waals surface area contributed by atoms with Crippen molar-refractivity contribution in [3.05, 3.63) is 182 Å². The van der Waals surface area contributed by atoms with Crippen molar-refractivity contribution in [1.29, 1.82) is 0 Å². The Morgan fingerprint density at radius 2 is 0.939 bits per heavy atom. The molecule has 1 heteroatoms. The molecule has 10 rings (SSSR count). The van der Waals surface area contributed by atoms with Gasteiger partial charge in [-0.2, -0.15) is 0 Å². The van der Waals surface area contributed by atoms with Crippen LogP contribution in [0.1, 0.15) is 17.8 Å². The van der Waals surface area contributed by atoms with Crippen molar-refractivity contribution in [3.8, 4) is 44.5 Å². The van der Waals surface area contributed by atoms with Gasteiger partial charge in [0.25, 0.3) is 0 Å². The zero-order valence-corrected chi connectivity index (χ0v) is 25.7. The normalized spacial score (nSPS) is 15.4. The molecule has 0 amide bonds. The van der Waals surface area contributed by atoms with Crippen LogP contribution in [0, 0.1) is 0 Å². The van der Waals surface area contributed by atoms with E-state index in [2.05, 4.69) is 24.3 Å². The summed E-state index contributed by atoms with van der Waals surface area (Å²) in [5.41, 5.74) is 4.49. The predicted molar refractivity (Wildman–Crippen MR) is 208 cm³/mol. The number of hydrogen-bond acceptors (Lipinski definition) is 1. The van der Waals surface area contributed by atoms with Gasteiger partial charge in [0.15, 0.2) is 0 Å². The molecular formula is C48H30O. The van der Waals surface area contributed by atoms with Gasteiger partial charge >= 0.3 is 0 Å². The number of benzene rings is 9. The summed E-state index contributed by atoms with van der Waals surface area (Å²) < 4.78 is 122. The quantitative estimate of drug-likeness (QED) is 0.175.